The van der Waals surface area contributed by atoms with Crippen molar-refractivity contribution in [3.63, 3.8) is 0 Å². The van der Waals surface area contributed by atoms with Gasteiger partial charge in [0.25, 0.3) is 0 Å². The average molecular weight is 451 g/mol. The number of hydrogen-bond donors (Lipinski definition) is 2. The fourth-order valence-corrected chi connectivity index (χ4v) is 3.19. The second kappa shape index (κ2) is 11.4. The molecule has 1 aliphatic rings. The molecule has 0 aliphatic carbocycles. The van der Waals surface area contributed by atoms with Gasteiger partial charge in [-0.1, -0.05) is 35.9 Å². The first-order valence-electron chi connectivity index (χ1n) is 9.58. The molecule has 9 heteroatoms. The Labute approximate surface area is 184 Å². The Kier molecular flexibility index (Phi) is 8.96. The monoisotopic (exact) mass is 450 g/mol. The van der Waals surface area contributed by atoms with Gasteiger partial charge in [-0.05, 0) is 43.8 Å². The highest BCUT2D eigenvalue weighted by Gasteiger charge is 2.21. The van der Waals surface area contributed by atoms with Crippen LogP contribution in [-0.2, 0) is 14.3 Å². The predicted molar refractivity (Wildman–Crippen MR) is 116 cm³/mol. The number of carboxylic acids is 1. The molecule has 1 atom stereocenters. The first-order valence-corrected chi connectivity index (χ1v) is 9.95. The first-order chi connectivity index (χ1) is 14.7. The molecule has 7 nitrogen and oxygen atoms in total. The van der Waals surface area contributed by atoms with Gasteiger partial charge in [0.05, 0.1) is 17.3 Å². The number of nitrogens with zero attached hydrogens (tertiary/aromatic N) is 1. The van der Waals surface area contributed by atoms with Crippen LogP contribution in [0.15, 0.2) is 42.5 Å². The third-order valence-electron chi connectivity index (χ3n) is 4.63. The molecule has 0 bridgehead atoms. The van der Waals surface area contributed by atoms with Crippen LogP contribution in [0.2, 0.25) is 5.02 Å². The Morgan fingerprint density at radius 2 is 1.94 bits per heavy atom. The molecule has 1 heterocycles. The first kappa shape index (κ1) is 24.3. The Balaban J connectivity index is 0.000000501. The highest BCUT2D eigenvalue weighted by molar-refractivity contribution is 6.31. The van der Waals surface area contributed by atoms with Crippen molar-refractivity contribution in [2.75, 3.05) is 32.1 Å². The van der Waals surface area contributed by atoms with Crippen molar-refractivity contribution in [2.45, 2.75) is 13.3 Å². The molecular weight excluding hydrogens is 427 g/mol. The van der Waals surface area contributed by atoms with Gasteiger partial charge in [-0.15, -0.1) is 0 Å². The summed E-state index contributed by atoms with van der Waals surface area (Å²) in [5, 5.41) is 10.4. The van der Waals surface area contributed by atoms with Gasteiger partial charge in [-0.25, -0.2) is 14.0 Å². The van der Waals surface area contributed by atoms with Gasteiger partial charge in [0.15, 0.2) is 0 Å². The van der Waals surface area contributed by atoms with Crippen LogP contribution in [0.3, 0.4) is 0 Å². The minimum Gasteiger partial charge on any atom is -0.476 e. The Hall–Kier alpha value is -2.97. The second-order valence-corrected chi connectivity index (χ2v) is 7.58. The number of amides is 1. The molecule has 0 spiro atoms. The molecule has 1 fully saturated rings. The van der Waals surface area contributed by atoms with Gasteiger partial charge in [0.1, 0.15) is 5.82 Å². The van der Waals surface area contributed by atoms with Gasteiger partial charge in [-0.3, -0.25) is 10.1 Å². The Morgan fingerprint density at radius 3 is 2.52 bits per heavy atom. The maximum Gasteiger partial charge on any atom is 0.411 e. The van der Waals surface area contributed by atoms with Crippen molar-refractivity contribution in [3.8, 4) is 11.1 Å². The number of Topliss-reactive ketones (excluding diaryl/α,β-unsaturated/α-hetero) is 1. The van der Waals surface area contributed by atoms with E-state index in [1.807, 2.05) is 18.2 Å². The molecule has 3 rings (SSSR count). The lowest BCUT2D eigenvalue weighted by molar-refractivity contribution is -0.148. The van der Waals surface area contributed by atoms with E-state index in [1.54, 1.807) is 12.1 Å². The number of para-hydroxylation sites is 1. The number of hydrogen-bond acceptors (Lipinski definition) is 5. The molecule has 0 aromatic heterocycles. The van der Waals surface area contributed by atoms with E-state index in [0.717, 1.165) is 37.6 Å². The van der Waals surface area contributed by atoms with Crippen LogP contribution in [0, 0.1) is 11.7 Å². The summed E-state index contributed by atoms with van der Waals surface area (Å²) in [7, 11) is 2.06. The van der Waals surface area contributed by atoms with Crippen molar-refractivity contribution >= 4 is 35.1 Å². The van der Waals surface area contributed by atoms with Gasteiger partial charge < -0.3 is 14.7 Å². The number of likely N-dealkylation sites (tertiary alicyclic amines) is 1. The quantitative estimate of drug-likeness (QED) is 0.659. The molecule has 0 unspecified atom stereocenters. The molecule has 31 heavy (non-hydrogen) atoms. The second-order valence-electron chi connectivity index (χ2n) is 7.18. The zero-order valence-electron chi connectivity index (χ0n) is 17.2. The summed E-state index contributed by atoms with van der Waals surface area (Å²) in [6.45, 7) is 3.38. The number of rotatable bonds is 5. The normalized spacial score (nSPS) is 15.5. The van der Waals surface area contributed by atoms with E-state index >= 15 is 0 Å². The van der Waals surface area contributed by atoms with E-state index in [4.69, 9.17) is 21.4 Å². The molecule has 1 aliphatic heterocycles. The number of ketones is 1. The molecule has 0 radical (unpaired) electrons. The van der Waals surface area contributed by atoms with Crippen molar-refractivity contribution < 1.29 is 28.6 Å². The Morgan fingerprint density at radius 1 is 1.26 bits per heavy atom. The Bertz CT molecular complexity index is 941. The largest absolute Gasteiger partial charge is 0.476 e. The maximum absolute atomic E-state index is 13.4. The van der Waals surface area contributed by atoms with Crippen LogP contribution in [0.5, 0.6) is 0 Å². The van der Waals surface area contributed by atoms with Crippen LogP contribution in [0.4, 0.5) is 14.9 Å². The number of carbonyl (C=O) groups is 3. The number of carbonyl (C=O) groups excluding carboxylic acids is 2. The summed E-state index contributed by atoms with van der Waals surface area (Å²) in [6, 6.07) is 11.7. The number of aliphatic carboxylic acids is 1. The third kappa shape index (κ3) is 7.66. The number of nitrogens with one attached hydrogen (secondary N) is 1. The molecular formula is C22H24ClFN2O5. The average Bonchev–Trinajstić information content (AvgIpc) is 3.14. The molecule has 2 aromatic rings. The minimum absolute atomic E-state index is 0.0419. The van der Waals surface area contributed by atoms with E-state index in [0.29, 0.717) is 18.2 Å². The van der Waals surface area contributed by atoms with Gasteiger partial charge in [0.2, 0.25) is 5.78 Å². The van der Waals surface area contributed by atoms with Crippen molar-refractivity contribution in [1.82, 2.24) is 4.90 Å². The molecule has 2 aromatic carbocycles. The van der Waals surface area contributed by atoms with E-state index in [1.165, 1.54) is 12.1 Å². The van der Waals surface area contributed by atoms with E-state index in [9.17, 15) is 18.8 Å². The van der Waals surface area contributed by atoms with Crippen LogP contribution < -0.4 is 5.32 Å². The number of ether oxygens (including phenoxy) is 1. The highest BCUT2D eigenvalue weighted by Crippen LogP contribution is 2.30. The van der Waals surface area contributed by atoms with E-state index in [2.05, 4.69) is 17.3 Å². The van der Waals surface area contributed by atoms with Gasteiger partial charge >= 0.3 is 12.1 Å². The molecule has 2 N–H and O–H groups in total. The molecule has 1 amide bonds. The van der Waals surface area contributed by atoms with Crippen LogP contribution >= 0.6 is 11.6 Å². The smallest absolute Gasteiger partial charge is 0.411 e. The number of halogens is 2. The number of anilines is 1. The topological polar surface area (TPSA) is 95.9 Å². The molecule has 1 saturated heterocycles. The number of benzene rings is 2. The van der Waals surface area contributed by atoms with Crippen LogP contribution in [-0.4, -0.2) is 54.6 Å². The van der Waals surface area contributed by atoms with Gasteiger partial charge in [0, 0.05) is 24.9 Å². The fourth-order valence-electron chi connectivity index (χ4n) is 3.01. The molecule has 0 saturated carbocycles. The minimum atomic E-state index is -1.38. The van der Waals surface area contributed by atoms with E-state index < -0.39 is 23.7 Å². The highest BCUT2D eigenvalue weighted by atomic mass is 35.5. The number of carboxylic acid groups (broad SMARTS) is 1. The lowest BCUT2D eigenvalue weighted by Gasteiger charge is -2.14. The summed E-state index contributed by atoms with van der Waals surface area (Å²) >= 11 is 5.86. The SMILES string of the molecule is CC(=O)C(=O)O.CN1CC[C@@H](COC(=O)Nc2ccccc2-c2ccc(F)c(Cl)c2)C1. The maximum atomic E-state index is 13.4. The molecule has 166 valence electrons. The standard InChI is InChI=1S/C19H20ClFN2O2.C3H4O3/c1-23-9-8-13(11-23)12-25-19(24)22-18-5-3-2-4-15(18)14-6-7-17(21)16(20)10-14;1-2(4)3(5)6/h2-7,10,13H,8-9,11-12H2,1H3,(H,22,24);1H3,(H,5,6)/t13-;/m1./s1. The predicted octanol–water partition coefficient (Wildman–Crippen LogP) is 4.31. The summed E-state index contributed by atoms with van der Waals surface area (Å²) in [4.78, 5) is 33.2. The fraction of sp³-hybridized carbons (Fsp3) is 0.318. The lowest BCUT2D eigenvalue weighted by Crippen LogP contribution is -2.21. The summed E-state index contributed by atoms with van der Waals surface area (Å²) in [6.07, 6.45) is 0.546. The summed E-state index contributed by atoms with van der Waals surface area (Å²) in [5.74, 6) is -2.30. The van der Waals surface area contributed by atoms with Crippen LogP contribution in [0.1, 0.15) is 13.3 Å². The van der Waals surface area contributed by atoms with Crippen LogP contribution in [0.25, 0.3) is 11.1 Å². The zero-order chi connectivity index (χ0) is 23.0. The third-order valence-corrected chi connectivity index (χ3v) is 4.92. The van der Waals surface area contributed by atoms with E-state index in [-0.39, 0.29) is 5.02 Å². The van der Waals surface area contributed by atoms with Crippen molar-refractivity contribution in [3.05, 3.63) is 53.3 Å². The summed E-state index contributed by atoms with van der Waals surface area (Å²) in [5.41, 5.74) is 2.07. The lowest BCUT2D eigenvalue weighted by atomic mass is 10.0. The van der Waals surface area contributed by atoms with Crippen molar-refractivity contribution in [1.29, 1.82) is 0 Å². The summed E-state index contributed by atoms with van der Waals surface area (Å²) < 4.78 is 18.7. The van der Waals surface area contributed by atoms with Gasteiger partial charge in [-0.2, -0.15) is 0 Å². The van der Waals surface area contributed by atoms with Crippen molar-refractivity contribution in [2.24, 2.45) is 5.92 Å². The zero-order valence-corrected chi connectivity index (χ0v) is 18.0.